The van der Waals surface area contributed by atoms with Gasteiger partial charge in [-0.25, -0.2) is 4.98 Å². The van der Waals surface area contributed by atoms with E-state index >= 15 is 0 Å². The Bertz CT molecular complexity index is 565. The third-order valence-electron chi connectivity index (χ3n) is 3.15. The zero-order valence-corrected chi connectivity index (χ0v) is 10.2. The fourth-order valence-corrected chi connectivity index (χ4v) is 2.24. The van der Waals surface area contributed by atoms with E-state index in [-0.39, 0.29) is 6.10 Å². The number of aryl methyl sites for hydroxylation is 1. The zero-order chi connectivity index (χ0) is 11.8. The van der Waals surface area contributed by atoms with Gasteiger partial charge in [-0.3, -0.25) is 0 Å². The molecule has 3 nitrogen and oxygen atoms in total. The van der Waals surface area contributed by atoms with Crippen LogP contribution in [0.3, 0.4) is 0 Å². The van der Waals surface area contributed by atoms with Crippen LogP contribution in [0.1, 0.15) is 18.1 Å². The first-order valence-electron chi connectivity index (χ1n) is 6.00. The van der Waals surface area contributed by atoms with Gasteiger partial charge in [0.25, 0.3) is 0 Å². The summed E-state index contributed by atoms with van der Waals surface area (Å²) >= 11 is 0. The van der Waals surface area contributed by atoms with E-state index in [1.165, 1.54) is 10.9 Å². The van der Waals surface area contributed by atoms with Crippen LogP contribution < -0.4 is 10.1 Å². The Labute approximate surface area is 101 Å². The predicted octanol–water partition coefficient (Wildman–Crippen LogP) is 2.41. The highest BCUT2D eigenvalue weighted by Gasteiger charge is 2.16. The Morgan fingerprint density at radius 2 is 2.29 bits per heavy atom. The fraction of sp³-hybridized carbons (Fsp3) is 0.357. The number of fused-ring (bicyclic) bond motifs is 2. The highest BCUT2D eigenvalue weighted by molar-refractivity contribution is 5.83. The van der Waals surface area contributed by atoms with Crippen molar-refractivity contribution in [3.8, 4) is 5.88 Å². The van der Waals surface area contributed by atoms with Gasteiger partial charge in [0.1, 0.15) is 6.10 Å². The SMILES string of the molecule is Cc1cccc2cc3c(nc12)OC(C)CNC3. The smallest absolute Gasteiger partial charge is 0.218 e. The summed E-state index contributed by atoms with van der Waals surface area (Å²) in [5.41, 5.74) is 3.38. The van der Waals surface area contributed by atoms with Crippen LogP contribution in [0.4, 0.5) is 0 Å². The molecule has 3 rings (SSSR count). The lowest BCUT2D eigenvalue weighted by atomic mass is 10.1. The number of benzene rings is 1. The molecule has 2 heterocycles. The molecule has 0 spiro atoms. The second kappa shape index (κ2) is 4.00. The second-order valence-electron chi connectivity index (χ2n) is 4.66. The minimum atomic E-state index is 0.171. The molecule has 3 heteroatoms. The molecule has 1 aliphatic heterocycles. The van der Waals surface area contributed by atoms with E-state index in [1.54, 1.807) is 0 Å². The van der Waals surface area contributed by atoms with Crippen LogP contribution >= 0.6 is 0 Å². The molecule has 0 saturated heterocycles. The van der Waals surface area contributed by atoms with Crippen LogP contribution in [-0.2, 0) is 6.54 Å². The molecule has 2 aromatic rings. The van der Waals surface area contributed by atoms with E-state index in [0.29, 0.717) is 0 Å². The molecule has 1 aromatic carbocycles. The standard InChI is InChI=1S/C14H16N2O/c1-9-4-3-5-11-6-12-8-15-7-10(2)17-14(12)16-13(9)11/h3-6,10,15H,7-8H2,1-2H3. The van der Waals surface area contributed by atoms with Gasteiger partial charge in [-0.05, 0) is 25.5 Å². The number of aromatic nitrogens is 1. The quantitative estimate of drug-likeness (QED) is 0.752. The van der Waals surface area contributed by atoms with Crippen molar-refractivity contribution in [2.75, 3.05) is 6.54 Å². The third kappa shape index (κ3) is 1.87. The lowest BCUT2D eigenvalue weighted by Gasteiger charge is -2.12. The minimum Gasteiger partial charge on any atom is -0.473 e. The van der Waals surface area contributed by atoms with Gasteiger partial charge < -0.3 is 10.1 Å². The summed E-state index contributed by atoms with van der Waals surface area (Å²) in [6.07, 6.45) is 0.171. The Hall–Kier alpha value is -1.61. The van der Waals surface area contributed by atoms with Crippen molar-refractivity contribution in [2.45, 2.75) is 26.5 Å². The maximum Gasteiger partial charge on any atom is 0.218 e. The number of ether oxygens (including phenoxy) is 1. The van der Waals surface area contributed by atoms with E-state index in [4.69, 9.17) is 4.74 Å². The summed E-state index contributed by atoms with van der Waals surface area (Å²) in [5, 5.41) is 4.55. The highest BCUT2D eigenvalue weighted by atomic mass is 16.5. The maximum absolute atomic E-state index is 5.85. The molecule has 1 atom stereocenters. The number of nitrogens with one attached hydrogen (secondary N) is 1. The molecule has 1 aliphatic rings. The predicted molar refractivity (Wildman–Crippen MR) is 68.3 cm³/mol. The molecule has 1 unspecified atom stereocenters. The van der Waals surface area contributed by atoms with Crippen LogP contribution in [0.25, 0.3) is 10.9 Å². The molecule has 1 aromatic heterocycles. The van der Waals surface area contributed by atoms with Crippen molar-refractivity contribution in [2.24, 2.45) is 0 Å². The van der Waals surface area contributed by atoms with Crippen molar-refractivity contribution in [3.05, 3.63) is 35.4 Å². The highest BCUT2D eigenvalue weighted by Crippen LogP contribution is 2.26. The summed E-state index contributed by atoms with van der Waals surface area (Å²) in [4.78, 5) is 4.66. The number of pyridine rings is 1. The van der Waals surface area contributed by atoms with Gasteiger partial charge in [-0.15, -0.1) is 0 Å². The molecular weight excluding hydrogens is 212 g/mol. The van der Waals surface area contributed by atoms with Gasteiger partial charge in [-0.2, -0.15) is 0 Å². The summed E-state index contributed by atoms with van der Waals surface area (Å²) in [7, 11) is 0. The lowest BCUT2D eigenvalue weighted by molar-refractivity contribution is 0.218. The molecule has 0 aliphatic carbocycles. The summed E-state index contributed by atoms with van der Waals surface area (Å²) < 4.78 is 5.85. The van der Waals surface area contributed by atoms with Crippen LogP contribution in [0.2, 0.25) is 0 Å². The number of para-hydroxylation sites is 1. The van der Waals surface area contributed by atoms with E-state index in [1.807, 2.05) is 0 Å². The Balaban J connectivity index is 2.20. The molecule has 0 fully saturated rings. The van der Waals surface area contributed by atoms with Crippen molar-refractivity contribution in [1.29, 1.82) is 0 Å². The Kier molecular flexibility index (Phi) is 2.48. The van der Waals surface area contributed by atoms with Gasteiger partial charge in [-0.1, -0.05) is 18.2 Å². The molecule has 0 radical (unpaired) electrons. The van der Waals surface area contributed by atoms with Crippen molar-refractivity contribution >= 4 is 10.9 Å². The number of rotatable bonds is 0. The zero-order valence-electron chi connectivity index (χ0n) is 10.2. The molecule has 0 bridgehead atoms. The molecule has 0 saturated carbocycles. The maximum atomic E-state index is 5.85. The largest absolute Gasteiger partial charge is 0.473 e. The normalized spacial score (nSPS) is 19.5. The molecule has 17 heavy (non-hydrogen) atoms. The van der Waals surface area contributed by atoms with Crippen LogP contribution in [0.5, 0.6) is 5.88 Å². The van der Waals surface area contributed by atoms with Crippen LogP contribution in [0.15, 0.2) is 24.3 Å². The van der Waals surface area contributed by atoms with E-state index < -0.39 is 0 Å². The monoisotopic (exact) mass is 228 g/mol. The number of nitrogens with zero attached hydrogens (tertiary/aromatic N) is 1. The first-order chi connectivity index (χ1) is 8.24. The molecule has 1 N–H and O–H groups in total. The van der Waals surface area contributed by atoms with Gasteiger partial charge in [0.2, 0.25) is 5.88 Å². The molecular formula is C14H16N2O. The van der Waals surface area contributed by atoms with Gasteiger partial charge >= 0.3 is 0 Å². The first kappa shape index (κ1) is 10.5. The van der Waals surface area contributed by atoms with Crippen molar-refractivity contribution < 1.29 is 4.74 Å². The van der Waals surface area contributed by atoms with Gasteiger partial charge in [0, 0.05) is 24.0 Å². The second-order valence-corrected chi connectivity index (χ2v) is 4.66. The van der Waals surface area contributed by atoms with Crippen molar-refractivity contribution in [1.82, 2.24) is 10.3 Å². The summed E-state index contributed by atoms with van der Waals surface area (Å²) in [5.74, 6) is 0.782. The van der Waals surface area contributed by atoms with E-state index in [0.717, 1.165) is 30.0 Å². The van der Waals surface area contributed by atoms with E-state index in [9.17, 15) is 0 Å². The molecule has 88 valence electrons. The third-order valence-corrected chi connectivity index (χ3v) is 3.15. The Morgan fingerprint density at radius 3 is 3.18 bits per heavy atom. The minimum absolute atomic E-state index is 0.171. The van der Waals surface area contributed by atoms with Crippen LogP contribution in [-0.4, -0.2) is 17.6 Å². The lowest BCUT2D eigenvalue weighted by Crippen LogP contribution is -2.25. The summed E-state index contributed by atoms with van der Waals surface area (Å²) in [6.45, 7) is 5.84. The first-order valence-corrected chi connectivity index (χ1v) is 6.00. The topological polar surface area (TPSA) is 34.1 Å². The van der Waals surface area contributed by atoms with Crippen molar-refractivity contribution in [3.63, 3.8) is 0 Å². The Morgan fingerprint density at radius 1 is 1.41 bits per heavy atom. The van der Waals surface area contributed by atoms with E-state index in [2.05, 4.69) is 48.4 Å². The summed E-state index contributed by atoms with van der Waals surface area (Å²) in [6, 6.07) is 8.43. The average molecular weight is 228 g/mol. The average Bonchev–Trinajstić information content (AvgIpc) is 2.48. The number of hydrogen-bond acceptors (Lipinski definition) is 3. The number of hydrogen-bond donors (Lipinski definition) is 1. The van der Waals surface area contributed by atoms with Crippen LogP contribution in [0, 0.1) is 6.92 Å². The molecule has 0 amide bonds. The van der Waals surface area contributed by atoms with Gasteiger partial charge in [0.15, 0.2) is 0 Å². The van der Waals surface area contributed by atoms with Gasteiger partial charge in [0.05, 0.1) is 5.52 Å². The fourth-order valence-electron chi connectivity index (χ4n) is 2.24.